The van der Waals surface area contributed by atoms with E-state index in [1.807, 2.05) is 4.90 Å². The van der Waals surface area contributed by atoms with Crippen LogP contribution >= 0.6 is 0 Å². The Morgan fingerprint density at radius 1 is 1.25 bits per heavy atom. The van der Waals surface area contributed by atoms with E-state index in [1.54, 1.807) is 12.1 Å². The number of likely N-dealkylation sites (tertiary alicyclic amines) is 1. The van der Waals surface area contributed by atoms with Crippen molar-refractivity contribution < 1.29 is 13.9 Å². The predicted molar refractivity (Wildman–Crippen MR) is 74.0 cm³/mol. The molecule has 20 heavy (non-hydrogen) atoms. The van der Waals surface area contributed by atoms with Crippen molar-refractivity contribution in [1.82, 2.24) is 4.90 Å². The Hall–Kier alpha value is -1.58. The Morgan fingerprint density at radius 3 is 2.80 bits per heavy atom. The van der Waals surface area contributed by atoms with Gasteiger partial charge in [0.05, 0.1) is 6.54 Å². The Balaban J connectivity index is 1.55. The van der Waals surface area contributed by atoms with Gasteiger partial charge in [-0.2, -0.15) is 0 Å². The first-order chi connectivity index (χ1) is 9.72. The molecule has 3 nitrogen and oxygen atoms in total. The van der Waals surface area contributed by atoms with Gasteiger partial charge in [-0.25, -0.2) is 4.39 Å². The number of hydrogen-bond acceptors (Lipinski definition) is 2. The molecule has 1 saturated heterocycles. The maximum atomic E-state index is 13.1. The first-order valence-electron chi connectivity index (χ1n) is 7.43. The molecule has 1 heterocycles. The highest BCUT2D eigenvalue weighted by molar-refractivity contribution is 5.79. The molecule has 1 aliphatic heterocycles. The second-order valence-electron chi connectivity index (χ2n) is 5.75. The van der Waals surface area contributed by atoms with Gasteiger partial charge in [0, 0.05) is 24.9 Å². The molecule has 1 unspecified atom stereocenters. The minimum Gasteiger partial charge on any atom is -0.488 e. The molecule has 2 aliphatic rings. The first kappa shape index (κ1) is 13.4. The smallest absolute Gasteiger partial charge is 0.225 e. The standard InChI is InChI=1S/C16H20FNO2/c17-13-6-3-7-14(10-13)20-15-8-9-18(11-15)16(19)12-4-1-2-5-12/h3,6-7,10,12,15H,1-2,4-5,8-9,11H2. The average Bonchev–Trinajstić information content (AvgIpc) is 3.09. The summed E-state index contributed by atoms with van der Waals surface area (Å²) in [6, 6.07) is 6.19. The van der Waals surface area contributed by atoms with Crippen LogP contribution in [-0.4, -0.2) is 30.0 Å². The molecule has 1 aromatic carbocycles. The van der Waals surface area contributed by atoms with Crippen LogP contribution < -0.4 is 4.74 Å². The van der Waals surface area contributed by atoms with E-state index in [9.17, 15) is 9.18 Å². The Labute approximate surface area is 118 Å². The zero-order valence-electron chi connectivity index (χ0n) is 11.6. The molecular weight excluding hydrogens is 257 g/mol. The van der Waals surface area contributed by atoms with E-state index in [1.165, 1.54) is 25.0 Å². The van der Waals surface area contributed by atoms with E-state index in [-0.39, 0.29) is 23.7 Å². The van der Waals surface area contributed by atoms with Gasteiger partial charge in [0.1, 0.15) is 17.7 Å². The monoisotopic (exact) mass is 277 g/mol. The first-order valence-corrected chi connectivity index (χ1v) is 7.43. The van der Waals surface area contributed by atoms with Gasteiger partial charge in [-0.05, 0) is 25.0 Å². The van der Waals surface area contributed by atoms with Gasteiger partial charge < -0.3 is 9.64 Å². The van der Waals surface area contributed by atoms with Crippen molar-refractivity contribution in [3.63, 3.8) is 0 Å². The number of rotatable bonds is 3. The van der Waals surface area contributed by atoms with Crippen LogP contribution in [0.2, 0.25) is 0 Å². The highest BCUT2D eigenvalue weighted by Gasteiger charge is 2.33. The molecule has 2 fully saturated rings. The number of halogens is 1. The third-order valence-corrected chi connectivity index (χ3v) is 4.26. The van der Waals surface area contributed by atoms with Crippen molar-refractivity contribution in [1.29, 1.82) is 0 Å². The predicted octanol–water partition coefficient (Wildman–Crippen LogP) is 3.00. The fourth-order valence-electron chi connectivity index (χ4n) is 3.19. The number of benzene rings is 1. The second-order valence-corrected chi connectivity index (χ2v) is 5.75. The van der Waals surface area contributed by atoms with Crippen LogP contribution in [0, 0.1) is 11.7 Å². The normalized spacial score (nSPS) is 23.2. The highest BCUT2D eigenvalue weighted by atomic mass is 19.1. The van der Waals surface area contributed by atoms with E-state index in [0.29, 0.717) is 12.3 Å². The van der Waals surface area contributed by atoms with E-state index >= 15 is 0 Å². The fourth-order valence-corrected chi connectivity index (χ4v) is 3.19. The SMILES string of the molecule is O=C(C1CCCC1)N1CCC(Oc2cccc(F)c2)C1. The van der Waals surface area contributed by atoms with E-state index in [4.69, 9.17) is 4.74 Å². The van der Waals surface area contributed by atoms with Gasteiger partial charge in [0.2, 0.25) is 5.91 Å². The van der Waals surface area contributed by atoms with Gasteiger partial charge in [-0.1, -0.05) is 18.9 Å². The molecule has 0 aromatic heterocycles. The van der Waals surface area contributed by atoms with Crippen molar-refractivity contribution in [3.8, 4) is 5.75 Å². The summed E-state index contributed by atoms with van der Waals surface area (Å²) in [5.74, 6) is 0.764. The molecule has 1 atom stereocenters. The molecule has 3 rings (SSSR count). The molecular formula is C16H20FNO2. The topological polar surface area (TPSA) is 29.5 Å². The summed E-state index contributed by atoms with van der Waals surface area (Å²) in [5.41, 5.74) is 0. The van der Waals surface area contributed by atoms with Gasteiger partial charge in [0.25, 0.3) is 0 Å². The highest BCUT2D eigenvalue weighted by Crippen LogP contribution is 2.28. The number of nitrogens with zero attached hydrogens (tertiary/aromatic N) is 1. The van der Waals surface area contributed by atoms with Gasteiger partial charge >= 0.3 is 0 Å². The van der Waals surface area contributed by atoms with Crippen LogP contribution in [0.3, 0.4) is 0 Å². The lowest BCUT2D eigenvalue weighted by Crippen LogP contribution is -2.34. The quantitative estimate of drug-likeness (QED) is 0.850. The lowest BCUT2D eigenvalue weighted by atomic mass is 10.1. The number of ether oxygens (including phenoxy) is 1. The lowest BCUT2D eigenvalue weighted by molar-refractivity contribution is -0.134. The summed E-state index contributed by atoms with van der Waals surface area (Å²) in [6.07, 6.45) is 5.23. The summed E-state index contributed by atoms with van der Waals surface area (Å²) in [7, 11) is 0. The third kappa shape index (κ3) is 2.94. The minimum atomic E-state index is -0.292. The Kier molecular flexibility index (Phi) is 3.90. The van der Waals surface area contributed by atoms with Crippen molar-refractivity contribution in [3.05, 3.63) is 30.1 Å². The number of carbonyl (C=O) groups is 1. The number of carbonyl (C=O) groups excluding carboxylic acids is 1. The summed E-state index contributed by atoms with van der Waals surface area (Å²) in [6.45, 7) is 1.39. The maximum Gasteiger partial charge on any atom is 0.225 e. The number of hydrogen-bond donors (Lipinski definition) is 0. The summed E-state index contributed by atoms with van der Waals surface area (Å²) < 4.78 is 18.9. The lowest BCUT2D eigenvalue weighted by Gasteiger charge is -2.20. The van der Waals surface area contributed by atoms with E-state index in [2.05, 4.69) is 0 Å². The minimum absolute atomic E-state index is 0.0119. The summed E-state index contributed by atoms with van der Waals surface area (Å²) in [4.78, 5) is 14.2. The molecule has 0 radical (unpaired) electrons. The van der Waals surface area contributed by atoms with Crippen molar-refractivity contribution >= 4 is 5.91 Å². The van der Waals surface area contributed by atoms with Crippen LogP contribution in [0.25, 0.3) is 0 Å². The van der Waals surface area contributed by atoms with Crippen molar-refractivity contribution in [2.45, 2.75) is 38.2 Å². The molecule has 0 bridgehead atoms. The molecule has 0 N–H and O–H groups in total. The molecule has 108 valence electrons. The van der Waals surface area contributed by atoms with Crippen LogP contribution in [0.4, 0.5) is 4.39 Å². The largest absolute Gasteiger partial charge is 0.488 e. The maximum absolute atomic E-state index is 13.1. The van der Waals surface area contributed by atoms with Gasteiger partial charge in [-0.3, -0.25) is 4.79 Å². The molecule has 1 amide bonds. The van der Waals surface area contributed by atoms with E-state index < -0.39 is 0 Å². The van der Waals surface area contributed by atoms with Gasteiger partial charge in [-0.15, -0.1) is 0 Å². The van der Waals surface area contributed by atoms with E-state index in [0.717, 1.165) is 25.8 Å². The Bertz CT molecular complexity index is 485. The molecule has 0 spiro atoms. The summed E-state index contributed by atoms with van der Waals surface area (Å²) in [5, 5.41) is 0. The van der Waals surface area contributed by atoms with Crippen LogP contribution in [0.1, 0.15) is 32.1 Å². The molecule has 1 aromatic rings. The zero-order chi connectivity index (χ0) is 13.9. The van der Waals surface area contributed by atoms with Gasteiger partial charge in [0.15, 0.2) is 0 Å². The van der Waals surface area contributed by atoms with Crippen LogP contribution in [0.15, 0.2) is 24.3 Å². The molecule has 4 heteroatoms. The molecule has 1 aliphatic carbocycles. The van der Waals surface area contributed by atoms with Crippen molar-refractivity contribution in [2.75, 3.05) is 13.1 Å². The summed E-state index contributed by atoms with van der Waals surface area (Å²) >= 11 is 0. The van der Waals surface area contributed by atoms with Crippen molar-refractivity contribution in [2.24, 2.45) is 5.92 Å². The average molecular weight is 277 g/mol. The Morgan fingerprint density at radius 2 is 2.05 bits per heavy atom. The van der Waals surface area contributed by atoms with Crippen LogP contribution in [0.5, 0.6) is 5.75 Å². The second kappa shape index (κ2) is 5.81. The fraction of sp³-hybridized carbons (Fsp3) is 0.562. The van der Waals surface area contributed by atoms with Crippen LogP contribution in [-0.2, 0) is 4.79 Å². The third-order valence-electron chi connectivity index (χ3n) is 4.26. The number of amides is 1. The zero-order valence-corrected chi connectivity index (χ0v) is 11.6. The molecule has 1 saturated carbocycles.